The van der Waals surface area contributed by atoms with Crippen molar-refractivity contribution in [2.45, 2.75) is 52.0 Å². The molecule has 1 saturated heterocycles. The lowest BCUT2D eigenvalue weighted by atomic mass is 9.97. The molecule has 1 aliphatic heterocycles. The first-order chi connectivity index (χ1) is 12.6. The van der Waals surface area contributed by atoms with E-state index in [0.717, 1.165) is 68.4 Å². The molecule has 2 aromatic rings. The summed E-state index contributed by atoms with van der Waals surface area (Å²) >= 11 is 0. The van der Waals surface area contributed by atoms with E-state index in [4.69, 9.17) is 8.94 Å². The van der Waals surface area contributed by atoms with Crippen LogP contribution < -0.4 is 5.32 Å². The summed E-state index contributed by atoms with van der Waals surface area (Å²) in [6.07, 6.45) is 4.40. The predicted octanol–water partition coefficient (Wildman–Crippen LogP) is 2.80. The number of nitrogens with zero attached hydrogens (tertiary/aromatic N) is 3. The van der Waals surface area contributed by atoms with E-state index in [-0.39, 0.29) is 5.91 Å². The zero-order valence-electron chi connectivity index (χ0n) is 15.5. The second-order valence-corrected chi connectivity index (χ2v) is 7.57. The van der Waals surface area contributed by atoms with Crippen molar-refractivity contribution in [1.82, 2.24) is 20.4 Å². The Kier molecular flexibility index (Phi) is 4.80. The summed E-state index contributed by atoms with van der Waals surface area (Å²) in [5, 5.41) is 6.90. The van der Waals surface area contributed by atoms with Crippen LogP contribution in [0.25, 0.3) is 0 Å². The van der Waals surface area contributed by atoms with Crippen molar-refractivity contribution in [2.24, 2.45) is 5.92 Å². The third-order valence-corrected chi connectivity index (χ3v) is 5.43. The SMILES string of the molecule is Cc1nc(CN2CCC(CNC(=O)c3cc(C4CC4)on3)CC2)oc1C. The van der Waals surface area contributed by atoms with Gasteiger partial charge in [-0.2, -0.15) is 0 Å². The minimum absolute atomic E-state index is 0.131. The summed E-state index contributed by atoms with van der Waals surface area (Å²) in [4.78, 5) is 19.0. The van der Waals surface area contributed by atoms with E-state index in [9.17, 15) is 4.79 Å². The van der Waals surface area contributed by atoms with Crippen LogP contribution in [0.2, 0.25) is 0 Å². The van der Waals surface area contributed by atoms with Gasteiger partial charge in [0, 0.05) is 18.5 Å². The van der Waals surface area contributed by atoms with Crippen molar-refractivity contribution in [3.63, 3.8) is 0 Å². The summed E-state index contributed by atoms with van der Waals surface area (Å²) in [6, 6.07) is 1.79. The van der Waals surface area contributed by atoms with Gasteiger partial charge in [-0.25, -0.2) is 4.98 Å². The number of piperidine rings is 1. The van der Waals surface area contributed by atoms with Gasteiger partial charge in [-0.15, -0.1) is 0 Å². The summed E-state index contributed by atoms with van der Waals surface area (Å²) in [5.74, 6) is 3.39. The Morgan fingerprint density at radius 3 is 2.69 bits per heavy atom. The van der Waals surface area contributed by atoms with Gasteiger partial charge >= 0.3 is 0 Å². The molecule has 2 aliphatic rings. The van der Waals surface area contributed by atoms with Gasteiger partial charge in [0.25, 0.3) is 5.91 Å². The second-order valence-electron chi connectivity index (χ2n) is 7.57. The first-order valence-corrected chi connectivity index (χ1v) is 9.48. The largest absolute Gasteiger partial charge is 0.444 e. The standard InChI is InChI=1S/C19H26N4O3/c1-12-13(2)25-18(21-12)11-23-7-5-14(6-8-23)10-20-19(24)16-9-17(26-22-16)15-3-4-15/h9,14-15H,3-8,10-11H2,1-2H3,(H,20,24). The molecule has 1 amide bonds. The van der Waals surface area contributed by atoms with Crippen molar-refractivity contribution in [1.29, 1.82) is 0 Å². The Bertz CT molecular complexity index is 750. The van der Waals surface area contributed by atoms with E-state index in [1.165, 1.54) is 0 Å². The first-order valence-electron chi connectivity index (χ1n) is 9.48. The lowest BCUT2D eigenvalue weighted by molar-refractivity contribution is 0.0924. The summed E-state index contributed by atoms with van der Waals surface area (Å²) in [5.41, 5.74) is 1.37. The fraction of sp³-hybridized carbons (Fsp3) is 0.632. The van der Waals surface area contributed by atoms with Gasteiger partial charge in [0.1, 0.15) is 11.5 Å². The zero-order valence-corrected chi connectivity index (χ0v) is 15.5. The highest BCUT2D eigenvalue weighted by atomic mass is 16.5. The Morgan fingerprint density at radius 1 is 1.27 bits per heavy atom. The van der Waals surface area contributed by atoms with E-state index < -0.39 is 0 Å². The number of hydrogen-bond acceptors (Lipinski definition) is 6. The van der Waals surface area contributed by atoms with Crippen LogP contribution in [0.15, 0.2) is 15.0 Å². The van der Waals surface area contributed by atoms with Crippen molar-refractivity contribution in [2.75, 3.05) is 19.6 Å². The molecule has 7 nitrogen and oxygen atoms in total. The van der Waals surface area contributed by atoms with E-state index >= 15 is 0 Å². The van der Waals surface area contributed by atoms with E-state index in [2.05, 4.69) is 20.4 Å². The number of oxazole rings is 1. The Morgan fingerprint density at radius 2 is 2.04 bits per heavy atom. The molecule has 3 heterocycles. The van der Waals surface area contributed by atoms with Crippen LogP contribution in [0.3, 0.4) is 0 Å². The Balaban J connectivity index is 1.20. The fourth-order valence-electron chi connectivity index (χ4n) is 3.43. The summed E-state index contributed by atoms with van der Waals surface area (Å²) < 4.78 is 10.9. The number of carbonyl (C=O) groups excluding carboxylic acids is 1. The van der Waals surface area contributed by atoms with Crippen LogP contribution in [-0.4, -0.2) is 40.6 Å². The maximum absolute atomic E-state index is 12.2. The van der Waals surface area contributed by atoms with Crippen LogP contribution in [0.5, 0.6) is 0 Å². The van der Waals surface area contributed by atoms with Gasteiger partial charge in [0.2, 0.25) is 5.89 Å². The molecule has 140 valence electrons. The number of hydrogen-bond donors (Lipinski definition) is 1. The Hall–Kier alpha value is -2.15. The molecule has 0 atom stereocenters. The number of amides is 1. The smallest absolute Gasteiger partial charge is 0.273 e. The van der Waals surface area contributed by atoms with E-state index in [0.29, 0.717) is 24.1 Å². The highest BCUT2D eigenvalue weighted by Crippen LogP contribution is 2.40. The molecule has 0 aromatic carbocycles. The molecular weight excluding hydrogens is 332 g/mol. The van der Waals surface area contributed by atoms with Crippen LogP contribution in [0.4, 0.5) is 0 Å². The number of likely N-dealkylation sites (tertiary alicyclic amines) is 1. The number of aryl methyl sites for hydroxylation is 2. The highest BCUT2D eigenvalue weighted by Gasteiger charge is 2.29. The molecule has 0 unspecified atom stereocenters. The molecule has 1 N–H and O–H groups in total. The van der Waals surface area contributed by atoms with Crippen molar-refractivity contribution in [3.8, 4) is 0 Å². The van der Waals surface area contributed by atoms with E-state index in [1.807, 2.05) is 13.8 Å². The number of carbonyl (C=O) groups is 1. The molecule has 4 rings (SSSR count). The molecule has 0 spiro atoms. The predicted molar refractivity (Wildman–Crippen MR) is 94.8 cm³/mol. The minimum atomic E-state index is -0.131. The quantitative estimate of drug-likeness (QED) is 0.855. The fourth-order valence-corrected chi connectivity index (χ4v) is 3.43. The van der Waals surface area contributed by atoms with Gasteiger partial charge in [-0.3, -0.25) is 9.69 Å². The molecule has 0 radical (unpaired) electrons. The molecule has 0 bridgehead atoms. The molecule has 1 saturated carbocycles. The Labute approximate surface area is 153 Å². The van der Waals surface area contributed by atoms with Crippen molar-refractivity contribution >= 4 is 5.91 Å². The van der Waals surface area contributed by atoms with Gasteiger partial charge < -0.3 is 14.3 Å². The van der Waals surface area contributed by atoms with Gasteiger partial charge in [0.05, 0.1) is 12.2 Å². The number of nitrogens with one attached hydrogen (secondary N) is 1. The maximum atomic E-state index is 12.2. The van der Waals surface area contributed by atoms with Crippen molar-refractivity contribution < 1.29 is 13.7 Å². The third-order valence-electron chi connectivity index (χ3n) is 5.43. The van der Waals surface area contributed by atoms with Crippen LogP contribution in [-0.2, 0) is 6.54 Å². The van der Waals surface area contributed by atoms with E-state index in [1.54, 1.807) is 6.07 Å². The van der Waals surface area contributed by atoms with Crippen LogP contribution in [0.1, 0.15) is 65.2 Å². The van der Waals surface area contributed by atoms with Gasteiger partial charge in [-0.1, -0.05) is 5.16 Å². The topological polar surface area (TPSA) is 84.4 Å². The average Bonchev–Trinajstić information content (AvgIpc) is 3.28. The first kappa shape index (κ1) is 17.3. The van der Waals surface area contributed by atoms with Crippen LogP contribution >= 0.6 is 0 Å². The van der Waals surface area contributed by atoms with Crippen molar-refractivity contribution in [3.05, 3.63) is 34.9 Å². The zero-order chi connectivity index (χ0) is 18.1. The maximum Gasteiger partial charge on any atom is 0.273 e. The summed E-state index contributed by atoms with van der Waals surface area (Å²) in [6.45, 7) is 7.36. The molecule has 7 heteroatoms. The lowest BCUT2D eigenvalue weighted by Gasteiger charge is -2.31. The molecular formula is C19H26N4O3. The monoisotopic (exact) mass is 358 g/mol. The number of rotatable bonds is 6. The third kappa shape index (κ3) is 3.98. The molecule has 2 fully saturated rings. The normalized spacial score (nSPS) is 19.0. The van der Waals surface area contributed by atoms with Gasteiger partial charge in [0.15, 0.2) is 5.69 Å². The summed E-state index contributed by atoms with van der Waals surface area (Å²) in [7, 11) is 0. The average molecular weight is 358 g/mol. The lowest BCUT2D eigenvalue weighted by Crippen LogP contribution is -2.38. The molecule has 2 aromatic heterocycles. The molecule has 1 aliphatic carbocycles. The number of aromatic nitrogens is 2. The minimum Gasteiger partial charge on any atom is -0.444 e. The van der Waals surface area contributed by atoms with Gasteiger partial charge in [-0.05, 0) is 58.5 Å². The van der Waals surface area contributed by atoms with Crippen LogP contribution in [0, 0.1) is 19.8 Å². The molecule has 26 heavy (non-hydrogen) atoms. The highest BCUT2D eigenvalue weighted by molar-refractivity contribution is 5.92. The second kappa shape index (κ2) is 7.23.